The first kappa shape index (κ1) is 20.9. The zero-order valence-corrected chi connectivity index (χ0v) is 16.6. The summed E-state index contributed by atoms with van der Waals surface area (Å²) >= 11 is 0. The van der Waals surface area contributed by atoms with Gasteiger partial charge in [0.05, 0.1) is 29.7 Å². The van der Waals surface area contributed by atoms with Crippen molar-refractivity contribution in [3.8, 4) is 5.69 Å². The Hall–Kier alpha value is -3.81. The number of para-hydroxylation sites is 1. The van der Waals surface area contributed by atoms with E-state index in [0.717, 1.165) is 30.1 Å². The molecule has 1 amide bonds. The van der Waals surface area contributed by atoms with Gasteiger partial charge in [0.15, 0.2) is 0 Å². The molecule has 0 aliphatic heterocycles. The molecule has 0 atom stereocenters. The van der Waals surface area contributed by atoms with Crippen LogP contribution in [0.1, 0.15) is 27.3 Å². The number of ether oxygens (including phenoxy) is 1. The fraction of sp³-hybridized carbons (Fsp3) is 0.136. The molecule has 0 radical (unpaired) electrons. The number of halogens is 2. The number of nitrogens with one attached hydrogen (secondary N) is 1. The Labute approximate surface area is 171 Å². The van der Waals surface area contributed by atoms with E-state index in [4.69, 9.17) is 0 Å². The van der Waals surface area contributed by atoms with Gasteiger partial charge in [0.25, 0.3) is 0 Å². The van der Waals surface area contributed by atoms with Crippen molar-refractivity contribution in [1.82, 2.24) is 9.78 Å². The molecule has 2 aromatic carbocycles. The van der Waals surface area contributed by atoms with E-state index in [1.807, 2.05) is 44.2 Å². The molecule has 0 saturated carbocycles. The summed E-state index contributed by atoms with van der Waals surface area (Å²) in [5.41, 5.74) is 2.34. The summed E-state index contributed by atoms with van der Waals surface area (Å²) in [6.45, 7) is 3.68. The van der Waals surface area contributed by atoms with Crippen LogP contribution in [0.5, 0.6) is 0 Å². The van der Waals surface area contributed by atoms with Crippen LogP contribution >= 0.6 is 0 Å². The Balaban J connectivity index is 1.82. The van der Waals surface area contributed by atoms with Gasteiger partial charge in [-0.1, -0.05) is 18.2 Å². The highest BCUT2D eigenvalue weighted by Crippen LogP contribution is 2.22. The minimum atomic E-state index is -1.08. The van der Waals surface area contributed by atoms with Gasteiger partial charge in [-0.25, -0.2) is 18.3 Å². The number of aromatic nitrogens is 2. The fourth-order valence-corrected chi connectivity index (χ4v) is 2.96. The van der Waals surface area contributed by atoms with Gasteiger partial charge in [0, 0.05) is 23.4 Å². The second-order valence-electron chi connectivity index (χ2n) is 6.46. The summed E-state index contributed by atoms with van der Waals surface area (Å²) < 4.78 is 33.9. The van der Waals surface area contributed by atoms with Crippen molar-refractivity contribution in [3.63, 3.8) is 0 Å². The van der Waals surface area contributed by atoms with Gasteiger partial charge in [0.1, 0.15) is 11.6 Å². The summed E-state index contributed by atoms with van der Waals surface area (Å²) in [5.74, 6) is -3.71. The molecule has 30 heavy (non-hydrogen) atoms. The van der Waals surface area contributed by atoms with Crippen molar-refractivity contribution >= 4 is 23.6 Å². The van der Waals surface area contributed by atoms with Gasteiger partial charge < -0.3 is 10.1 Å². The highest BCUT2D eigenvalue weighted by Gasteiger charge is 2.17. The van der Waals surface area contributed by atoms with E-state index >= 15 is 0 Å². The number of benzene rings is 2. The highest BCUT2D eigenvalue weighted by molar-refractivity contribution is 6.03. The monoisotopic (exact) mass is 411 g/mol. The molecule has 0 spiro atoms. The van der Waals surface area contributed by atoms with E-state index in [2.05, 4.69) is 15.2 Å². The van der Waals surface area contributed by atoms with Crippen LogP contribution in [0.15, 0.2) is 48.5 Å². The van der Waals surface area contributed by atoms with Gasteiger partial charge in [0.2, 0.25) is 5.91 Å². The quantitative estimate of drug-likeness (QED) is 0.504. The Kier molecular flexibility index (Phi) is 6.06. The summed E-state index contributed by atoms with van der Waals surface area (Å²) in [4.78, 5) is 23.8. The lowest BCUT2D eigenvalue weighted by Gasteiger charge is -2.07. The maximum Gasteiger partial charge on any atom is 0.340 e. The van der Waals surface area contributed by atoms with Crippen molar-refractivity contribution in [2.45, 2.75) is 13.8 Å². The molecule has 0 saturated heterocycles. The third-order valence-corrected chi connectivity index (χ3v) is 4.47. The van der Waals surface area contributed by atoms with Gasteiger partial charge in [-0.05, 0) is 38.1 Å². The molecule has 0 bridgehead atoms. The maximum absolute atomic E-state index is 14.0. The van der Waals surface area contributed by atoms with E-state index in [0.29, 0.717) is 11.8 Å². The first-order chi connectivity index (χ1) is 14.3. The minimum absolute atomic E-state index is 0.333. The number of aryl methyl sites for hydroxylation is 1. The van der Waals surface area contributed by atoms with Crippen molar-refractivity contribution in [3.05, 3.63) is 82.7 Å². The lowest BCUT2D eigenvalue weighted by atomic mass is 10.1. The van der Waals surface area contributed by atoms with Gasteiger partial charge in [-0.3, -0.25) is 4.79 Å². The number of hydrogen-bond acceptors (Lipinski definition) is 4. The van der Waals surface area contributed by atoms with Crippen LogP contribution in [-0.4, -0.2) is 28.8 Å². The number of carbonyl (C=O) groups is 2. The number of amides is 1. The molecule has 0 aliphatic carbocycles. The van der Waals surface area contributed by atoms with Crippen LogP contribution in [0.2, 0.25) is 0 Å². The van der Waals surface area contributed by atoms with Crippen LogP contribution in [0.25, 0.3) is 11.8 Å². The Morgan fingerprint density at radius 1 is 1.10 bits per heavy atom. The molecular weight excluding hydrogens is 392 g/mol. The summed E-state index contributed by atoms with van der Waals surface area (Å²) in [6.07, 6.45) is 2.78. The predicted octanol–water partition coefficient (Wildman–Crippen LogP) is 4.21. The standard InChI is InChI=1S/C22H19F2N3O3/c1-13-16(14(2)27(26-13)15-7-5-4-6-8-15)9-10-21(28)25-20-11-17(22(29)30-3)18(23)12-19(20)24/h4-12H,1-3H3,(H,25,28)/b10-9+. The Morgan fingerprint density at radius 3 is 2.47 bits per heavy atom. The lowest BCUT2D eigenvalue weighted by Crippen LogP contribution is -2.12. The number of carbonyl (C=O) groups excluding carboxylic acids is 2. The second kappa shape index (κ2) is 8.69. The molecule has 0 fully saturated rings. The average molecular weight is 411 g/mol. The molecule has 1 heterocycles. The van der Waals surface area contributed by atoms with Crippen molar-refractivity contribution in [2.75, 3.05) is 12.4 Å². The molecule has 3 aromatic rings. The third kappa shape index (κ3) is 4.27. The maximum atomic E-state index is 14.0. The topological polar surface area (TPSA) is 73.2 Å². The van der Waals surface area contributed by atoms with Crippen LogP contribution in [-0.2, 0) is 9.53 Å². The Bertz CT molecular complexity index is 1140. The van der Waals surface area contributed by atoms with Crippen molar-refractivity contribution in [1.29, 1.82) is 0 Å². The fourth-order valence-electron chi connectivity index (χ4n) is 2.96. The predicted molar refractivity (Wildman–Crippen MR) is 108 cm³/mol. The van der Waals surface area contributed by atoms with E-state index < -0.39 is 29.1 Å². The smallest absolute Gasteiger partial charge is 0.340 e. The molecule has 8 heteroatoms. The van der Waals surface area contributed by atoms with Crippen LogP contribution in [0, 0.1) is 25.5 Å². The van der Waals surface area contributed by atoms with Crippen molar-refractivity contribution < 1.29 is 23.1 Å². The highest BCUT2D eigenvalue weighted by atomic mass is 19.1. The molecule has 0 unspecified atom stereocenters. The summed E-state index contributed by atoms with van der Waals surface area (Å²) in [5, 5.41) is 6.79. The van der Waals surface area contributed by atoms with E-state index in [9.17, 15) is 18.4 Å². The van der Waals surface area contributed by atoms with E-state index in [-0.39, 0.29) is 5.69 Å². The minimum Gasteiger partial charge on any atom is -0.465 e. The first-order valence-electron chi connectivity index (χ1n) is 9.00. The third-order valence-electron chi connectivity index (χ3n) is 4.47. The number of hydrogen-bond donors (Lipinski definition) is 1. The molecule has 1 aromatic heterocycles. The zero-order chi connectivity index (χ0) is 21.8. The van der Waals surface area contributed by atoms with Gasteiger partial charge in [-0.2, -0.15) is 5.10 Å². The lowest BCUT2D eigenvalue weighted by molar-refractivity contribution is -0.111. The average Bonchev–Trinajstić information content (AvgIpc) is 3.02. The number of rotatable bonds is 5. The number of esters is 1. The van der Waals surface area contributed by atoms with Crippen LogP contribution < -0.4 is 5.32 Å². The SMILES string of the molecule is COC(=O)c1cc(NC(=O)/C=C/c2c(C)nn(-c3ccccc3)c2C)c(F)cc1F. The molecular formula is C22H19F2N3O3. The summed E-state index contributed by atoms with van der Waals surface area (Å²) in [6, 6.07) is 10.9. The molecule has 1 N–H and O–H groups in total. The molecule has 6 nitrogen and oxygen atoms in total. The normalized spacial score (nSPS) is 11.0. The number of anilines is 1. The van der Waals surface area contributed by atoms with E-state index in [1.165, 1.54) is 6.08 Å². The molecule has 0 aliphatic rings. The molecule has 3 rings (SSSR count). The van der Waals surface area contributed by atoms with Gasteiger partial charge >= 0.3 is 5.97 Å². The second-order valence-corrected chi connectivity index (χ2v) is 6.46. The van der Waals surface area contributed by atoms with Crippen LogP contribution in [0.4, 0.5) is 14.5 Å². The first-order valence-corrected chi connectivity index (χ1v) is 9.00. The van der Waals surface area contributed by atoms with E-state index in [1.54, 1.807) is 10.8 Å². The van der Waals surface area contributed by atoms with Crippen molar-refractivity contribution in [2.24, 2.45) is 0 Å². The zero-order valence-electron chi connectivity index (χ0n) is 16.6. The number of nitrogens with zero attached hydrogens (tertiary/aromatic N) is 2. The summed E-state index contributed by atoms with van der Waals surface area (Å²) in [7, 11) is 1.08. The van der Waals surface area contributed by atoms with Gasteiger partial charge in [-0.15, -0.1) is 0 Å². The largest absolute Gasteiger partial charge is 0.465 e. The molecule has 154 valence electrons. The Morgan fingerprint density at radius 2 is 1.80 bits per heavy atom. The number of methoxy groups -OCH3 is 1. The van der Waals surface area contributed by atoms with Crippen LogP contribution in [0.3, 0.4) is 0 Å².